The van der Waals surface area contributed by atoms with E-state index in [2.05, 4.69) is 191 Å². The molecule has 6 nitrogen and oxygen atoms in total. The van der Waals surface area contributed by atoms with E-state index < -0.39 is 6.10 Å². The molecule has 0 heterocycles. The highest BCUT2D eigenvalue weighted by Crippen LogP contribution is 2.14. The number of carbonyl (C=O) groups is 3. The Kier molecular flexibility index (Phi) is 64.9. The standard InChI is InChI=1S/C77H122O6/c1-4-7-10-13-16-19-22-25-28-31-33-35-37-38-40-41-43-46-49-52-55-58-61-64-67-70-76(79)82-73-74(72-81-75(78)69-66-63-60-57-54-51-48-45-30-27-24-21-18-15-12-9-6-3)83-77(80)71-68-65-62-59-56-53-50-47-44-42-39-36-34-32-29-26-23-20-17-14-11-8-5-2/h7-8,10-11,16-21,25-30,33-36,38,40,42-44,46,50,53,74H,4-6,9,12-15,22-24,31-32,37,39,41,45,47-49,51-52,54-73H2,1-3H3/b10-7-,11-8-,19-16-,20-17-,21-18-,28-25-,29-26-,30-27-,35-33-,36-34-,40-38-,44-42-,46-43-,53-50-. The summed E-state index contributed by atoms with van der Waals surface area (Å²) in [4.78, 5) is 38.4. The molecule has 83 heavy (non-hydrogen) atoms. The molecule has 0 fully saturated rings. The summed E-state index contributed by atoms with van der Waals surface area (Å²) in [5.74, 6) is -0.954. The zero-order valence-corrected chi connectivity index (χ0v) is 53.4. The topological polar surface area (TPSA) is 78.9 Å². The Bertz CT molecular complexity index is 1890. The summed E-state index contributed by atoms with van der Waals surface area (Å²) in [5, 5.41) is 0. The van der Waals surface area contributed by atoms with Gasteiger partial charge in [0.05, 0.1) is 0 Å². The lowest BCUT2D eigenvalue weighted by Gasteiger charge is -2.18. The van der Waals surface area contributed by atoms with E-state index in [1.165, 1.54) is 64.2 Å². The Balaban J connectivity index is 4.51. The monoisotopic (exact) mass is 1140 g/mol. The molecular weight excluding hydrogens is 1020 g/mol. The maximum absolute atomic E-state index is 13.0. The van der Waals surface area contributed by atoms with Crippen molar-refractivity contribution in [1.82, 2.24) is 0 Å². The molecule has 0 rings (SSSR count). The fourth-order valence-corrected chi connectivity index (χ4v) is 8.71. The minimum Gasteiger partial charge on any atom is -0.462 e. The first-order valence-corrected chi connectivity index (χ1v) is 33.6. The highest BCUT2D eigenvalue weighted by molar-refractivity contribution is 5.71. The molecule has 1 unspecified atom stereocenters. The van der Waals surface area contributed by atoms with Gasteiger partial charge in [0, 0.05) is 19.3 Å². The van der Waals surface area contributed by atoms with Gasteiger partial charge in [-0.05, 0) is 154 Å². The molecule has 0 aliphatic carbocycles. The van der Waals surface area contributed by atoms with Gasteiger partial charge < -0.3 is 14.2 Å². The number of allylic oxidation sites excluding steroid dienone is 28. The van der Waals surface area contributed by atoms with Crippen LogP contribution >= 0.6 is 0 Å². The number of rotatable bonds is 59. The Morgan fingerprint density at radius 3 is 0.735 bits per heavy atom. The Morgan fingerprint density at radius 1 is 0.253 bits per heavy atom. The molecule has 0 bridgehead atoms. The number of esters is 3. The van der Waals surface area contributed by atoms with E-state index in [0.29, 0.717) is 12.8 Å². The van der Waals surface area contributed by atoms with Crippen molar-refractivity contribution < 1.29 is 28.6 Å². The maximum atomic E-state index is 13.0. The lowest BCUT2D eigenvalue weighted by Crippen LogP contribution is -2.30. The molecule has 0 aromatic carbocycles. The normalized spacial score (nSPS) is 13.2. The van der Waals surface area contributed by atoms with Crippen LogP contribution in [0.2, 0.25) is 0 Å². The summed E-state index contributed by atoms with van der Waals surface area (Å²) in [7, 11) is 0. The van der Waals surface area contributed by atoms with E-state index in [4.69, 9.17) is 14.2 Å². The van der Waals surface area contributed by atoms with Crippen molar-refractivity contribution in [3.63, 3.8) is 0 Å². The van der Waals surface area contributed by atoms with Gasteiger partial charge in [0.15, 0.2) is 6.10 Å². The van der Waals surface area contributed by atoms with Crippen molar-refractivity contribution in [2.75, 3.05) is 13.2 Å². The van der Waals surface area contributed by atoms with Crippen LogP contribution in [-0.2, 0) is 28.6 Å². The van der Waals surface area contributed by atoms with Crippen molar-refractivity contribution in [3.8, 4) is 0 Å². The van der Waals surface area contributed by atoms with Crippen molar-refractivity contribution in [2.45, 2.75) is 284 Å². The van der Waals surface area contributed by atoms with Crippen LogP contribution in [0.1, 0.15) is 278 Å². The first-order chi connectivity index (χ1) is 41.0. The number of hydrogen-bond acceptors (Lipinski definition) is 6. The van der Waals surface area contributed by atoms with Gasteiger partial charge in [-0.1, -0.05) is 274 Å². The van der Waals surface area contributed by atoms with Crippen LogP contribution in [-0.4, -0.2) is 37.2 Å². The van der Waals surface area contributed by atoms with Gasteiger partial charge in [-0.2, -0.15) is 0 Å². The Hall–Kier alpha value is -5.23. The fourth-order valence-electron chi connectivity index (χ4n) is 8.71. The van der Waals surface area contributed by atoms with E-state index >= 15 is 0 Å². The first kappa shape index (κ1) is 77.8. The van der Waals surface area contributed by atoms with Crippen LogP contribution in [0.3, 0.4) is 0 Å². The van der Waals surface area contributed by atoms with Gasteiger partial charge >= 0.3 is 17.9 Å². The van der Waals surface area contributed by atoms with Crippen molar-refractivity contribution in [3.05, 3.63) is 170 Å². The highest BCUT2D eigenvalue weighted by Gasteiger charge is 2.19. The molecule has 0 aromatic rings. The largest absolute Gasteiger partial charge is 0.462 e. The van der Waals surface area contributed by atoms with Crippen LogP contribution in [0.5, 0.6) is 0 Å². The average molecular weight is 1140 g/mol. The summed E-state index contributed by atoms with van der Waals surface area (Å²) < 4.78 is 16.9. The Labute approximate surface area is 511 Å². The van der Waals surface area contributed by atoms with E-state index in [9.17, 15) is 14.4 Å². The molecule has 466 valence electrons. The minimum absolute atomic E-state index is 0.105. The van der Waals surface area contributed by atoms with Crippen molar-refractivity contribution in [2.24, 2.45) is 0 Å². The average Bonchev–Trinajstić information content (AvgIpc) is 3.49. The second-order valence-corrected chi connectivity index (χ2v) is 21.6. The third-order valence-corrected chi connectivity index (χ3v) is 13.7. The highest BCUT2D eigenvalue weighted by atomic mass is 16.6. The smallest absolute Gasteiger partial charge is 0.306 e. The summed E-state index contributed by atoms with van der Waals surface area (Å²) in [6.07, 6.45) is 102. The predicted octanol–water partition coefficient (Wildman–Crippen LogP) is 23.4. The van der Waals surface area contributed by atoms with Crippen molar-refractivity contribution >= 4 is 17.9 Å². The lowest BCUT2D eigenvalue weighted by atomic mass is 10.1. The molecule has 0 amide bonds. The van der Waals surface area contributed by atoms with Crippen LogP contribution in [0.4, 0.5) is 0 Å². The molecule has 1 atom stereocenters. The van der Waals surface area contributed by atoms with Crippen LogP contribution in [0.15, 0.2) is 170 Å². The van der Waals surface area contributed by atoms with Gasteiger partial charge in [0.2, 0.25) is 0 Å². The summed E-state index contributed by atoms with van der Waals surface area (Å²) >= 11 is 0. The van der Waals surface area contributed by atoms with E-state index in [0.717, 1.165) is 173 Å². The van der Waals surface area contributed by atoms with Crippen molar-refractivity contribution in [1.29, 1.82) is 0 Å². The van der Waals surface area contributed by atoms with Gasteiger partial charge in [-0.15, -0.1) is 0 Å². The zero-order valence-electron chi connectivity index (χ0n) is 53.4. The van der Waals surface area contributed by atoms with Crippen LogP contribution in [0.25, 0.3) is 0 Å². The fraction of sp³-hybridized carbons (Fsp3) is 0.597. The predicted molar refractivity (Wildman–Crippen MR) is 361 cm³/mol. The third-order valence-electron chi connectivity index (χ3n) is 13.7. The molecule has 0 aliphatic heterocycles. The quantitative estimate of drug-likeness (QED) is 0.0261. The molecule has 0 saturated carbocycles. The molecule has 0 aromatic heterocycles. The summed E-state index contributed by atoms with van der Waals surface area (Å²) in [5.41, 5.74) is 0. The van der Waals surface area contributed by atoms with E-state index in [1.54, 1.807) is 0 Å². The number of carbonyl (C=O) groups excluding carboxylic acids is 3. The molecule has 0 aliphatic rings. The second kappa shape index (κ2) is 69.3. The summed E-state index contributed by atoms with van der Waals surface area (Å²) in [6, 6.07) is 0. The molecule has 0 saturated heterocycles. The molecule has 6 heteroatoms. The van der Waals surface area contributed by atoms with Gasteiger partial charge in [-0.3, -0.25) is 14.4 Å². The Morgan fingerprint density at radius 2 is 0.470 bits per heavy atom. The number of unbranched alkanes of at least 4 members (excludes halogenated alkanes) is 20. The third kappa shape index (κ3) is 67.4. The molecule has 0 radical (unpaired) electrons. The lowest BCUT2D eigenvalue weighted by molar-refractivity contribution is -0.167. The zero-order chi connectivity index (χ0) is 59.9. The van der Waals surface area contributed by atoms with Gasteiger partial charge in [-0.25, -0.2) is 0 Å². The molecule has 0 spiro atoms. The molecular formula is C77H122O6. The van der Waals surface area contributed by atoms with Crippen LogP contribution in [0, 0.1) is 0 Å². The number of hydrogen-bond donors (Lipinski definition) is 0. The maximum Gasteiger partial charge on any atom is 0.306 e. The van der Waals surface area contributed by atoms with Gasteiger partial charge in [0.1, 0.15) is 13.2 Å². The second-order valence-electron chi connectivity index (χ2n) is 21.6. The summed E-state index contributed by atoms with van der Waals surface area (Å²) in [6.45, 7) is 6.35. The minimum atomic E-state index is -0.813. The SMILES string of the molecule is CC/C=C\C/C=C\C/C=C\C/C=C\C/C=C\C/C=C\CCCCCCCCC(=O)OCC(COC(=O)CCCCCCCCC/C=C\C/C=C\CCCCC)OC(=O)CCCCCC/C=C\C/C=C\C/C=C\C/C=C\C/C=C\C/C=C\CC. The van der Waals surface area contributed by atoms with Crippen LogP contribution < -0.4 is 0 Å². The van der Waals surface area contributed by atoms with Gasteiger partial charge in [0.25, 0.3) is 0 Å². The first-order valence-electron chi connectivity index (χ1n) is 33.6. The van der Waals surface area contributed by atoms with E-state index in [-0.39, 0.29) is 37.5 Å². The number of ether oxygens (including phenoxy) is 3. The molecule has 0 N–H and O–H groups in total. The van der Waals surface area contributed by atoms with E-state index in [1.807, 2.05) is 0 Å².